The summed E-state index contributed by atoms with van der Waals surface area (Å²) in [7, 11) is -33.8. The van der Waals surface area contributed by atoms with Crippen LogP contribution in [0.15, 0.2) is 0 Å². The van der Waals surface area contributed by atoms with Crippen molar-refractivity contribution in [2.45, 2.75) is 0 Å². The third-order valence-corrected chi connectivity index (χ3v) is 0. The van der Waals surface area contributed by atoms with E-state index in [1.807, 2.05) is 0 Å². The first-order valence-corrected chi connectivity index (χ1v) is 12.9. The average Bonchev–Trinajstić information content (AvgIpc) is 1.94. The van der Waals surface area contributed by atoms with Crippen LogP contribution in [0.1, 0.15) is 0 Å². The maximum Gasteiger partial charge on any atom is 2.00 e. The smallest absolute Gasteiger partial charge is 0.786 e. The van der Waals surface area contributed by atoms with Gasteiger partial charge in [0.2, 0.25) is 0 Å². The molecule has 0 aliphatic heterocycles. The summed E-state index contributed by atoms with van der Waals surface area (Å²) < 4.78 is 111. The van der Waals surface area contributed by atoms with Crippen LogP contribution in [0.4, 0.5) is 25.2 Å². The first kappa shape index (κ1) is 77.4. The third kappa shape index (κ3) is 4040. The van der Waals surface area contributed by atoms with Gasteiger partial charge in [-0.25, -0.2) is 25.2 Å². The van der Waals surface area contributed by atoms with Crippen molar-refractivity contribution in [2.24, 2.45) is 0 Å². The Morgan fingerprint density at radius 3 is 0.250 bits per heavy atom. The molecule has 36 heavy (non-hydrogen) atoms. The summed E-state index contributed by atoms with van der Waals surface area (Å²) >= 11 is 0. The molecule has 0 saturated heterocycles. The van der Waals surface area contributed by atoms with Crippen LogP contribution in [0, 0.1) is 0 Å². The second kappa shape index (κ2) is 34.7. The number of hydrogen-bond donors (Lipinski definition) is 0. The summed E-state index contributed by atoms with van der Waals surface area (Å²) in [6, 6.07) is 0. The normalized spacial score (nSPS) is 9.83. The van der Waals surface area contributed by atoms with Gasteiger partial charge in [0.25, 0.3) is 0 Å². The van der Waals surface area contributed by atoms with Gasteiger partial charge in [-0.15, -0.1) is 0 Å². The van der Waals surface area contributed by atoms with Crippen LogP contribution < -0.4 is 58.7 Å². The van der Waals surface area contributed by atoms with E-state index >= 15 is 0 Å². The maximum atomic E-state index is 10.1. The molecule has 0 aromatic heterocycles. The molecule has 0 unspecified atom stereocenters. The summed E-state index contributed by atoms with van der Waals surface area (Å²) in [6.45, 7) is 0. The van der Waals surface area contributed by atoms with E-state index in [9.17, 15) is 25.2 Å². The molecular weight excluding hydrogens is 941 g/mol. The molecule has 18 nitrogen and oxygen atoms in total. The molecule has 0 heterocycles. The van der Waals surface area contributed by atoms with E-state index in [0.717, 1.165) is 0 Å². The minimum absolute atomic E-state index is 0. The standard InChI is InChI=1S/6Co.6FH2O3P/c;;;;;;6*1-5(2,3)4/h;;;;;;6*(H2,2,3,4)/q6*+2;;;;;;/p-12. The molecule has 0 aliphatic carbocycles. The quantitative estimate of drug-likeness (QED) is 0.161. The Labute approximate surface area is 257 Å². The molecule has 0 atom stereocenters. The zero-order valence-electron chi connectivity index (χ0n) is 14.3. The number of hydrogen-bond acceptors (Lipinski definition) is 18. The largest absolute Gasteiger partial charge is 2.00 e. The van der Waals surface area contributed by atoms with Gasteiger partial charge in [-0.2, -0.15) is 0 Å². The summed E-state index contributed by atoms with van der Waals surface area (Å²) in [6.07, 6.45) is 0. The van der Waals surface area contributed by atoms with Crippen molar-refractivity contribution in [3.05, 3.63) is 0 Å². The topological polar surface area (TPSA) is 379 Å². The van der Waals surface area contributed by atoms with Gasteiger partial charge in [-0.05, 0) is 0 Å². The molecule has 234 valence electrons. The molecule has 0 amide bonds. The first-order valence-electron chi connectivity index (χ1n) is 4.30. The fourth-order valence-corrected chi connectivity index (χ4v) is 0. The Kier molecular flexibility index (Phi) is 74.7. The first-order chi connectivity index (χ1) is 12.0. The number of rotatable bonds is 0. The van der Waals surface area contributed by atoms with E-state index in [-0.39, 0.29) is 101 Å². The monoisotopic (exact) mass is 941 g/mol. The molecule has 0 aromatic carbocycles. The summed E-state index contributed by atoms with van der Waals surface area (Å²) in [5.41, 5.74) is 0. The van der Waals surface area contributed by atoms with E-state index in [4.69, 9.17) is 86.1 Å². The molecule has 0 aliphatic rings. The van der Waals surface area contributed by atoms with Crippen LogP contribution in [0.5, 0.6) is 0 Å². The van der Waals surface area contributed by atoms with Crippen LogP contribution in [0.25, 0.3) is 0 Å². The van der Waals surface area contributed by atoms with Crippen LogP contribution >= 0.6 is 47.4 Å². The van der Waals surface area contributed by atoms with Gasteiger partial charge < -0.3 is 86.1 Å². The Balaban J connectivity index is -0.0000000186. The van der Waals surface area contributed by atoms with Crippen molar-refractivity contribution in [2.75, 3.05) is 0 Å². The van der Waals surface area contributed by atoms with Crippen molar-refractivity contribution in [1.82, 2.24) is 0 Å². The van der Waals surface area contributed by atoms with E-state index in [1.165, 1.54) is 0 Å². The van der Waals surface area contributed by atoms with Gasteiger partial charge >= 0.3 is 101 Å². The van der Waals surface area contributed by atoms with Gasteiger partial charge in [0.15, 0.2) is 0 Å². The van der Waals surface area contributed by atoms with E-state index in [1.54, 1.807) is 0 Å². The summed E-state index contributed by atoms with van der Waals surface area (Å²) in [5.74, 6) is 0. The summed E-state index contributed by atoms with van der Waals surface area (Å²) in [4.78, 5) is 101. The van der Waals surface area contributed by atoms with Gasteiger partial charge in [0, 0.05) is 0 Å². The molecule has 0 fully saturated rings. The average molecular weight is 941 g/mol. The second-order valence-corrected chi connectivity index (χ2v) is 7.75. The van der Waals surface area contributed by atoms with Crippen LogP contribution in [0.3, 0.4) is 0 Å². The van der Waals surface area contributed by atoms with Crippen molar-refractivity contribution in [3.8, 4) is 0 Å². The van der Waals surface area contributed by atoms with Crippen molar-refractivity contribution in [3.63, 3.8) is 0 Å². The van der Waals surface area contributed by atoms with Crippen LogP contribution in [-0.4, -0.2) is 0 Å². The van der Waals surface area contributed by atoms with Gasteiger partial charge in [-0.1, -0.05) is 0 Å². The molecule has 36 heteroatoms. The summed E-state index contributed by atoms with van der Waals surface area (Å²) in [5, 5.41) is 0. The molecule has 0 bridgehead atoms. The van der Waals surface area contributed by atoms with Gasteiger partial charge in [-0.3, -0.25) is 0 Å². The van der Waals surface area contributed by atoms with Crippen molar-refractivity contribution >= 4 is 47.4 Å². The zero-order valence-corrected chi connectivity index (χ0v) is 25.9. The van der Waals surface area contributed by atoms with Crippen LogP contribution in [0.2, 0.25) is 0 Å². The van der Waals surface area contributed by atoms with Gasteiger partial charge in [0.05, 0.1) is 0 Å². The third-order valence-electron chi connectivity index (χ3n) is 0. The molecule has 0 N–H and O–H groups in total. The minimum atomic E-state index is -5.64. The molecular formula is Co6F6O18P6. The molecule has 0 aromatic rings. The molecule has 6 radical (unpaired) electrons. The Hall–Kier alpha value is 3.52. The Morgan fingerprint density at radius 2 is 0.250 bits per heavy atom. The second-order valence-electron chi connectivity index (χ2n) is 2.58. The predicted octanol–water partition coefficient (Wildman–Crippen LogP) is -7.31. The Bertz CT molecular complexity index is 497. The van der Waals surface area contributed by atoms with E-state index in [0.29, 0.717) is 0 Å². The Morgan fingerprint density at radius 1 is 0.250 bits per heavy atom. The number of halogens is 6. The molecule has 0 spiro atoms. The van der Waals surface area contributed by atoms with Gasteiger partial charge in [0.1, 0.15) is 47.4 Å². The molecule has 0 saturated carbocycles. The predicted molar refractivity (Wildman–Crippen MR) is 52.3 cm³/mol. The van der Waals surface area contributed by atoms with E-state index in [2.05, 4.69) is 0 Å². The maximum absolute atomic E-state index is 10.1. The fourth-order valence-electron chi connectivity index (χ4n) is 0. The van der Waals surface area contributed by atoms with Crippen molar-refractivity contribution in [1.29, 1.82) is 0 Å². The van der Waals surface area contributed by atoms with Crippen LogP contribution in [-0.2, 0) is 128 Å². The minimum Gasteiger partial charge on any atom is -0.786 e. The van der Waals surface area contributed by atoms with Crippen molar-refractivity contribution < 1.29 is 212 Å². The molecule has 0 rings (SSSR count). The zero-order chi connectivity index (χ0) is 27.0. The van der Waals surface area contributed by atoms with E-state index < -0.39 is 47.4 Å². The SMILES string of the molecule is O=P([O-])([O-])F.O=P([O-])([O-])F.O=P([O-])([O-])F.O=P([O-])([O-])F.O=P([O-])([O-])F.O=P([O-])([O-])F.[Co+2].[Co+2].[Co+2].[Co+2].[Co+2].[Co+2]. The fraction of sp³-hybridized carbons (Fsp3) is 0.